The Balaban J connectivity index is 1.69. The Morgan fingerprint density at radius 1 is 0.970 bits per heavy atom. The zero-order valence-electron chi connectivity index (χ0n) is 17.4. The van der Waals surface area contributed by atoms with Crippen molar-refractivity contribution >= 4 is 23.1 Å². The first-order valence-electron chi connectivity index (χ1n) is 10.5. The first-order chi connectivity index (χ1) is 15.9. The van der Waals surface area contributed by atoms with Crippen LogP contribution in [0.15, 0.2) is 72.3 Å². The number of amides is 1. The molecule has 3 aromatic carbocycles. The first kappa shape index (κ1) is 20.9. The predicted octanol–water partition coefficient (Wildman–Crippen LogP) is 4.92. The fourth-order valence-electron chi connectivity index (χ4n) is 4.35. The zero-order valence-corrected chi connectivity index (χ0v) is 17.4. The average Bonchev–Trinajstić information content (AvgIpc) is 3.09. The lowest BCUT2D eigenvalue weighted by Gasteiger charge is -2.25. The number of anilines is 1. The van der Waals surface area contributed by atoms with Crippen LogP contribution in [0.2, 0.25) is 0 Å². The molecule has 0 spiro atoms. The fraction of sp³-hybridized carbons (Fsp3) is 0.154. The van der Waals surface area contributed by atoms with Crippen LogP contribution in [-0.4, -0.2) is 23.4 Å². The van der Waals surface area contributed by atoms with E-state index in [1.54, 1.807) is 18.2 Å². The number of hydrogen-bond donors (Lipinski definition) is 1. The van der Waals surface area contributed by atoms with Crippen LogP contribution in [-0.2, 0) is 16.0 Å². The fourth-order valence-corrected chi connectivity index (χ4v) is 4.35. The van der Waals surface area contributed by atoms with Gasteiger partial charge in [-0.2, -0.15) is 0 Å². The number of aryl methyl sites for hydroxylation is 1. The van der Waals surface area contributed by atoms with E-state index in [0.29, 0.717) is 23.5 Å². The third kappa shape index (κ3) is 3.65. The molecule has 1 unspecified atom stereocenters. The Hall–Kier alpha value is -4.00. The number of nitrogens with zero attached hydrogens (tertiary/aromatic N) is 1. The van der Waals surface area contributed by atoms with E-state index in [9.17, 15) is 23.5 Å². The molecule has 166 valence electrons. The quantitative estimate of drug-likeness (QED) is 0.352. The molecule has 7 heteroatoms. The molecule has 0 radical (unpaired) electrons. The minimum Gasteiger partial charge on any atom is -0.507 e. The zero-order chi connectivity index (χ0) is 23.1. The third-order valence-corrected chi connectivity index (χ3v) is 5.90. The van der Waals surface area contributed by atoms with E-state index in [-0.39, 0.29) is 17.0 Å². The standard InChI is InChI=1S/C26H19F2NO4/c27-18-9-6-15(7-10-18)23-22(24(30)17-8-11-21-16(13-17)3-2-12-33-21)25(31)26(32)29(23)20-5-1-4-19(28)14-20/h1,4-11,13-14,23,30H,2-3,12H2/b24-22-. The summed E-state index contributed by atoms with van der Waals surface area (Å²) in [6, 6.07) is 14.6. The van der Waals surface area contributed by atoms with Crippen molar-refractivity contribution in [3.8, 4) is 5.75 Å². The number of rotatable bonds is 3. The largest absolute Gasteiger partial charge is 0.507 e. The van der Waals surface area contributed by atoms with Gasteiger partial charge in [0, 0.05) is 11.3 Å². The average molecular weight is 447 g/mol. The molecule has 5 rings (SSSR count). The Morgan fingerprint density at radius 2 is 1.76 bits per heavy atom. The molecule has 0 aliphatic carbocycles. The molecule has 2 heterocycles. The second-order valence-corrected chi connectivity index (χ2v) is 7.98. The lowest BCUT2D eigenvalue weighted by atomic mass is 9.94. The lowest BCUT2D eigenvalue weighted by Crippen LogP contribution is -2.29. The number of ketones is 1. The Morgan fingerprint density at radius 3 is 2.52 bits per heavy atom. The van der Waals surface area contributed by atoms with Crippen molar-refractivity contribution < 1.29 is 28.2 Å². The van der Waals surface area contributed by atoms with Gasteiger partial charge >= 0.3 is 0 Å². The highest BCUT2D eigenvalue weighted by atomic mass is 19.1. The van der Waals surface area contributed by atoms with Crippen LogP contribution < -0.4 is 9.64 Å². The second kappa shape index (κ2) is 8.16. The van der Waals surface area contributed by atoms with Crippen molar-refractivity contribution in [2.45, 2.75) is 18.9 Å². The molecule has 2 aliphatic heterocycles. The van der Waals surface area contributed by atoms with Crippen molar-refractivity contribution in [1.82, 2.24) is 0 Å². The molecule has 0 bridgehead atoms. The molecule has 2 aliphatic rings. The number of aliphatic hydroxyl groups excluding tert-OH is 1. The van der Waals surface area contributed by atoms with E-state index in [2.05, 4.69) is 0 Å². The molecule has 1 fully saturated rings. The van der Waals surface area contributed by atoms with Crippen LogP contribution in [0.5, 0.6) is 5.75 Å². The van der Waals surface area contributed by atoms with Gasteiger partial charge in [-0.1, -0.05) is 18.2 Å². The maximum absolute atomic E-state index is 14.0. The SMILES string of the molecule is O=C1C(=O)N(c2cccc(F)c2)C(c2ccc(F)cc2)/C1=C(/O)c1ccc2c(c1)CCCO2. The van der Waals surface area contributed by atoms with Gasteiger partial charge < -0.3 is 9.84 Å². The van der Waals surface area contributed by atoms with Crippen LogP contribution in [0, 0.1) is 11.6 Å². The number of hydrogen-bond acceptors (Lipinski definition) is 4. The Labute approximate surface area is 188 Å². The van der Waals surface area contributed by atoms with E-state index in [1.807, 2.05) is 0 Å². The second-order valence-electron chi connectivity index (χ2n) is 7.98. The summed E-state index contributed by atoms with van der Waals surface area (Å²) in [5.74, 6) is -2.51. The summed E-state index contributed by atoms with van der Waals surface area (Å²) < 4.78 is 33.2. The molecule has 1 amide bonds. The molecular formula is C26H19F2NO4. The molecule has 1 N–H and O–H groups in total. The summed E-state index contributed by atoms with van der Waals surface area (Å²) in [5, 5.41) is 11.2. The number of carbonyl (C=O) groups excluding carboxylic acids is 2. The normalized spacial score (nSPS) is 19.3. The van der Waals surface area contributed by atoms with Crippen LogP contribution in [0.25, 0.3) is 5.76 Å². The van der Waals surface area contributed by atoms with Crippen molar-refractivity contribution in [3.05, 3.63) is 101 Å². The Bertz CT molecular complexity index is 1300. The number of ether oxygens (including phenoxy) is 1. The van der Waals surface area contributed by atoms with E-state index in [4.69, 9.17) is 4.74 Å². The lowest BCUT2D eigenvalue weighted by molar-refractivity contribution is -0.132. The number of halogens is 2. The van der Waals surface area contributed by atoms with Gasteiger partial charge in [-0.25, -0.2) is 8.78 Å². The number of Topliss-reactive ketones (excluding diaryl/α,β-unsaturated/α-hetero) is 1. The molecule has 1 atom stereocenters. The predicted molar refractivity (Wildman–Crippen MR) is 118 cm³/mol. The highest BCUT2D eigenvalue weighted by Gasteiger charge is 2.47. The topological polar surface area (TPSA) is 66.8 Å². The third-order valence-electron chi connectivity index (χ3n) is 5.90. The smallest absolute Gasteiger partial charge is 0.300 e. The number of benzene rings is 3. The highest BCUT2D eigenvalue weighted by molar-refractivity contribution is 6.51. The molecule has 0 saturated carbocycles. The summed E-state index contributed by atoms with van der Waals surface area (Å²) in [7, 11) is 0. The number of carbonyl (C=O) groups is 2. The number of fused-ring (bicyclic) bond motifs is 1. The van der Waals surface area contributed by atoms with Gasteiger partial charge in [0.15, 0.2) is 0 Å². The first-order valence-corrected chi connectivity index (χ1v) is 10.5. The van der Waals surface area contributed by atoms with Gasteiger partial charge in [0.25, 0.3) is 11.7 Å². The maximum atomic E-state index is 14.0. The van der Waals surface area contributed by atoms with Gasteiger partial charge in [0.2, 0.25) is 0 Å². The maximum Gasteiger partial charge on any atom is 0.300 e. The highest BCUT2D eigenvalue weighted by Crippen LogP contribution is 2.42. The molecular weight excluding hydrogens is 428 g/mol. The van der Waals surface area contributed by atoms with Gasteiger partial charge in [0.05, 0.1) is 18.2 Å². The van der Waals surface area contributed by atoms with E-state index in [0.717, 1.165) is 29.4 Å². The van der Waals surface area contributed by atoms with Crippen LogP contribution in [0.4, 0.5) is 14.5 Å². The molecule has 0 aromatic heterocycles. The van der Waals surface area contributed by atoms with Gasteiger partial charge in [-0.05, 0) is 72.5 Å². The van der Waals surface area contributed by atoms with E-state index in [1.165, 1.54) is 42.5 Å². The van der Waals surface area contributed by atoms with Crippen molar-refractivity contribution in [2.75, 3.05) is 11.5 Å². The summed E-state index contributed by atoms with van der Waals surface area (Å²) in [6.07, 6.45) is 1.59. The monoisotopic (exact) mass is 447 g/mol. The molecule has 3 aromatic rings. The minimum absolute atomic E-state index is 0.146. The summed E-state index contributed by atoms with van der Waals surface area (Å²) in [5.41, 5.74) is 1.67. The van der Waals surface area contributed by atoms with Crippen molar-refractivity contribution in [2.24, 2.45) is 0 Å². The summed E-state index contributed by atoms with van der Waals surface area (Å²) in [6.45, 7) is 0.613. The van der Waals surface area contributed by atoms with E-state index >= 15 is 0 Å². The van der Waals surface area contributed by atoms with E-state index < -0.39 is 29.4 Å². The molecule has 33 heavy (non-hydrogen) atoms. The Kier molecular flexibility index (Phi) is 5.17. The van der Waals surface area contributed by atoms with Gasteiger partial charge in [-0.3, -0.25) is 14.5 Å². The molecule has 5 nitrogen and oxygen atoms in total. The van der Waals surface area contributed by atoms with Gasteiger partial charge in [-0.15, -0.1) is 0 Å². The van der Waals surface area contributed by atoms with Crippen molar-refractivity contribution in [1.29, 1.82) is 0 Å². The summed E-state index contributed by atoms with van der Waals surface area (Å²) in [4.78, 5) is 27.3. The number of aliphatic hydroxyl groups is 1. The minimum atomic E-state index is -1.06. The van der Waals surface area contributed by atoms with Crippen LogP contribution in [0.1, 0.15) is 29.2 Å². The van der Waals surface area contributed by atoms with Crippen LogP contribution in [0.3, 0.4) is 0 Å². The van der Waals surface area contributed by atoms with Gasteiger partial charge in [0.1, 0.15) is 23.1 Å². The summed E-state index contributed by atoms with van der Waals surface area (Å²) >= 11 is 0. The molecule has 1 saturated heterocycles. The van der Waals surface area contributed by atoms with Crippen LogP contribution >= 0.6 is 0 Å². The van der Waals surface area contributed by atoms with Crippen molar-refractivity contribution in [3.63, 3.8) is 0 Å².